The Hall–Kier alpha value is -2.38. The average Bonchev–Trinajstić information content (AvgIpc) is 2.66. The van der Waals surface area contributed by atoms with Gasteiger partial charge >= 0.3 is 6.09 Å². The van der Waals surface area contributed by atoms with E-state index < -0.39 is 23.6 Å². The fourth-order valence-electron chi connectivity index (χ4n) is 3.28. The van der Waals surface area contributed by atoms with Crippen LogP contribution in [0, 0.1) is 5.82 Å². The van der Waals surface area contributed by atoms with E-state index in [2.05, 4.69) is 4.98 Å². The van der Waals surface area contributed by atoms with Crippen LogP contribution in [0.4, 0.5) is 9.18 Å². The van der Waals surface area contributed by atoms with E-state index in [1.807, 2.05) is 6.07 Å². The normalized spacial score (nSPS) is 19.5. The number of halogens is 2. The maximum Gasteiger partial charge on any atom is 0.410 e. The van der Waals surface area contributed by atoms with Crippen LogP contribution in [0.25, 0.3) is 0 Å². The highest BCUT2D eigenvalue weighted by molar-refractivity contribution is 6.30. The number of carbonyl (C=O) groups is 1. The fraction of sp³-hybridized carbons (Fsp3) is 0.455. The molecule has 0 saturated carbocycles. The number of likely N-dealkylation sites (tertiary alicyclic amines) is 1. The van der Waals surface area contributed by atoms with Gasteiger partial charge in [0.25, 0.3) is 0 Å². The number of hydrogen-bond acceptors (Lipinski definition) is 5. The Morgan fingerprint density at radius 3 is 2.77 bits per heavy atom. The lowest BCUT2D eigenvalue weighted by Gasteiger charge is -2.36. The van der Waals surface area contributed by atoms with Gasteiger partial charge in [0.05, 0.1) is 18.3 Å². The maximum absolute atomic E-state index is 13.9. The minimum Gasteiger partial charge on any atom is -0.473 e. The summed E-state index contributed by atoms with van der Waals surface area (Å²) in [7, 11) is 0. The summed E-state index contributed by atoms with van der Waals surface area (Å²) in [4.78, 5) is 18.2. The zero-order valence-corrected chi connectivity index (χ0v) is 18.0. The smallest absolute Gasteiger partial charge is 0.410 e. The number of hydrogen-bond donors (Lipinski definition) is 1. The van der Waals surface area contributed by atoms with E-state index in [-0.39, 0.29) is 19.1 Å². The molecule has 0 spiro atoms. The van der Waals surface area contributed by atoms with Crippen LogP contribution in [-0.2, 0) is 11.3 Å². The van der Waals surface area contributed by atoms with Gasteiger partial charge in [0.2, 0.25) is 5.88 Å². The van der Waals surface area contributed by atoms with Crippen LogP contribution in [0.2, 0.25) is 5.02 Å². The van der Waals surface area contributed by atoms with Crippen molar-refractivity contribution in [3.8, 4) is 5.88 Å². The number of aliphatic hydroxyl groups is 1. The van der Waals surface area contributed by atoms with Crippen molar-refractivity contribution in [2.24, 2.45) is 0 Å². The Morgan fingerprint density at radius 1 is 1.33 bits per heavy atom. The van der Waals surface area contributed by atoms with E-state index in [1.54, 1.807) is 45.0 Å². The lowest BCUT2D eigenvalue weighted by Crippen LogP contribution is -2.47. The lowest BCUT2D eigenvalue weighted by molar-refractivity contribution is -0.00196. The Morgan fingerprint density at radius 2 is 2.10 bits per heavy atom. The Labute approximate surface area is 180 Å². The van der Waals surface area contributed by atoms with Crippen LogP contribution in [0.3, 0.4) is 0 Å². The molecular weight excluding hydrogens is 411 g/mol. The molecule has 1 saturated heterocycles. The van der Waals surface area contributed by atoms with Gasteiger partial charge in [-0.25, -0.2) is 14.2 Å². The first-order chi connectivity index (χ1) is 14.1. The standard InChI is InChI=1S/C22H26ClFN2O4/c1-22(2,3)30-21(28)26-10-9-16(19(27)12-26)18-5-4-6-20(25-18)29-13-14-7-8-15(23)11-17(14)24/h4-8,11,16,19,27H,9-10,12-13H2,1-3H3/t16-,19+/m1/s1. The van der Waals surface area contributed by atoms with Crippen molar-refractivity contribution in [1.29, 1.82) is 0 Å². The molecule has 1 N–H and O–H groups in total. The molecule has 1 aliphatic heterocycles. The molecule has 2 heterocycles. The Balaban J connectivity index is 1.62. The summed E-state index contributed by atoms with van der Waals surface area (Å²) in [6.07, 6.45) is -0.666. The molecule has 0 unspecified atom stereocenters. The third kappa shape index (κ3) is 5.83. The number of amides is 1. The summed E-state index contributed by atoms with van der Waals surface area (Å²) in [5.74, 6) is -0.341. The highest BCUT2D eigenvalue weighted by atomic mass is 35.5. The zero-order chi connectivity index (χ0) is 21.9. The highest BCUT2D eigenvalue weighted by Crippen LogP contribution is 2.29. The molecule has 0 radical (unpaired) electrons. The average molecular weight is 437 g/mol. The molecule has 8 heteroatoms. The first-order valence-corrected chi connectivity index (χ1v) is 10.2. The topological polar surface area (TPSA) is 71.9 Å². The van der Waals surface area contributed by atoms with Gasteiger partial charge in [-0.15, -0.1) is 0 Å². The summed E-state index contributed by atoms with van der Waals surface area (Å²) >= 11 is 5.77. The van der Waals surface area contributed by atoms with Crippen LogP contribution < -0.4 is 4.74 Å². The van der Waals surface area contributed by atoms with Gasteiger partial charge in [-0.3, -0.25) is 0 Å². The predicted octanol–water partition coefficient (Wildman–Crippen LogP) is 4.54. The molecule has 1 fully saturated rings. The number of benzene rings is 1. The minimum absolute atomic E-state index is 0.0130. The van der Waals surface area contributed by atoms with Crippen molar-refractivity contribution in [2.75, 3.05) is 13.1 Å². The molecule has 1 aromatic heterocycles. The van der Waals surface area contributed by atoms with E-state index in [4.69, 9.17) is 21.1 Å². The minimum atomic E-state index is -0.775. The Bertz CT molecular complexity index is 903. The molecule has 1 amide bonds. The number of β-amino-alcohol motifs (C(OH)–C–C–N with tert-alkyl or cyclic N) is 1. The zero-order valence-electron chi connectivity index (χ0n) is 17.3. The highest BCUT2D eigenvalue weighted by Gasteiger charge is 2.34. The number of nitrogens with zero attached hydrogens (tertiary/aromatic N) is 2. The maximum atomic E-state index is 13.9. The van der Waals surface area contributed by atoms with Crippen LogP contribution in [0.15, 0.2) is 36.4 Å². The van der Waals surface area contributed by atoms with E-state index in [9.17, 15) is 14.3 Å². The lowest BCUT2D eigenvalue weighted by atomic mass is 9.90. The van der Waals surface area contributed by atoms with Crippen LogP contribution in [0.1, 0.15) is 44.4 Å². The van der Waals surface area contributed by atoms with Crippen molar-refractivity contribution < 1.29 is 23.8 Å². The summed E-state index contributed by atoms with van der Waals surface area (Å²) in [5.41, 5.74) is 0.452. The second-order valence-electron chi connectivity index (χ2n) is 8.31. The summed E-state index contributed by atoms with van der Waals surface area (Å²) in [5, 5.41) is 10.9. The van der Waals surface area contributed by atoms with Gasteiger partial charge < -0.3 is 19.5 Å². The Kier molecular flexibility index (Phi) is 6.83. The molecule has 2 aromatic rings. The van der Waals surface area contributed by atoms with Crippen molar-refractivity contribution in [1.82, 2.24) is 9.88 Å². The summed E-state index contributed by atoms with van der Waals surface area (Å²) < 4.78 is 24.9. The molecule has 2 atom stereocenters. The number of aromatic nitrogens is 1. The summed E-state index contributed by atoms with van der Waals surface area (Å²) in [6, 6.07) is 9.67. The molecule has 0 bridgehead atoms. The quantitative estimate of drug-likeness (QED) is 0.761. The van der Waals surface area contributed by atoms with E-state index in [1.165, 1.54) is 11.0 Å². The molecule has 162 valence electrons. The van der Waals surface area contributed by atoms with Crippen molar-refractivity contribution >= 4 is 17.7 Å². The third-order valence-electron chi connectivity index (χ3n) is 4.75. The van der Waals surface area contributed by atoms with Crippen molar-refractivity contribution in [2.45, 2.75) is 51.4 Å². The van der Waals surface area contributed by atoms with Crippen LogP contribution in [-0.4, -0.2) is 45.9 Å². The fourth-order valence-corrected chi connectivity index (χ4v) is 3.44. The first-order valence-electron chi connectivity index (χ1n) is 9.82. The number of rotatable bonds is 4. The number of ether oxygens (including phenoxy) is 2. The van der Waals surface area contributed by atoms with Gasteiger partial charge in [-0.2, -0.15) is 0 Å². The van der Waals surface area contributed by atoms with E-state index in [0.717, 1.165) is 0 Å². The van der Waals surface area contributed by atoms with Crippen molar-refractivity contribution in [3.05, 3.63) is 58.5 Å². The molecule has 30 heavy (non-hydrogen) atoms. The number of piperidine rings is 1. The van der Waals surface area contributed by atoms with Gasteiger partial charge in [0.1, 0.15) is 18.0 Å². The largest absolute Gasteiger partial charge is 0.473 e. The molecule has 1 aliphatic rings. The van der Waals surface area contributed by atoms with Crippen LogP contribution in [0.5, 0.6) is 5.88 Å². The molecule has 6 nitrogen and oxygen atoms in total. The molecule has 1 aromatic carbocycles. The number of pyridine rings is 1. The predicted molar refractivity (Wildman–Crippen MR) is 111 cm³/mol. The molecular formula is C22H26ClFN2O4. The van der Waals surface area contributed by atoms with Gasteiger partial charge in [-0.1, -0.05) is 23.7 Å². The second-order valence-corrected chi connectivity index (χ2v) is 8.75. The van der Waals surface area contributed by atoms with Crippen LogP contribution >= 0.6 is 11.6 Å². The van der Waals surface area contributed by atoms with E-state index >= 15 is 0 Å². The van der Waals surface area contributed by atoms with E-state index in [0.29, 0.717) is 35.1 Å². The summed E-state index contributed by atoms with van der Waals surface area (Å²) in [6.45, 7) is 6.05. The van der Waals surface area contributed by atoms with Gasteiger partial charge in [0, 0.05) is 29.1 Å². The SMILES string of the molecule is CC(C)(C)OC(=O)N1CC[C@H](c2cccc(OCc3ccc(Cl)cc3F)n2)[C@@H](O)C1. The monoisotopic (exact) mass is 436 g/mol. The van der Waals surface area contributed by atoms with Gasteiger partial charge in [0.15, 0.2) is 0 Å². The van der Waals surface area contributed by atoms with Crippen molar-refractivity contribution in [3.63, 3.8) is 0 Å². The molecule has 0 aliphatic carbocycles. The first kappa shape index (κ1) is 22.3. The second kappa shape index (κ2) is 9.18. The number of aliphatic hydroxyl groups excluding tert-OH is 1. The third-order valence-corrected chi connectivity index (χ3v) is 4.98. The van der Waals surface area contributed by atoms with Gasteiger partial charge in [-0.05, 0) is 45.4 Å². The molecule has 3 rings (SSSR count). The number of carbonyl (C=O) groups excluding carboxylic acids is 1.